The second-order valence-electron chi connectivity index (χ2n) is 5.10. The van der Waals surface area contributed by atoms with E-state index in [4.69, 9.17) is 15.6 Å². The minimum absolute atomic E-state index is 0.00108. The molecule has 0 spiro atoms. The third-order valence-electron chi connectivity index (χ3n) is 3.71. The largest absolute Gasteiger partial charge is 0.481 e. The topological polar surface area (TPSA) is 92.9 Å². The number of likely N-dealkylation sites (tertiary alicyclic amines) is 1. The number of carbonyl (C=O) groups excluding carboxylic acids is 1. The van der Waals surface area contributed by atoms with E-state index >= 15 is 0 Å². The zero-order valence-electron chi connectivity index (χ0n) is 10.4. The fourth-order valence-electron chi connectivity index (χ4n) is 2.71. The molecule has 0 saturated carbocycles. The summed E-state index contributed by atoms with van der Waals surface area (Å²) < 4.78 is 5.57. The van der Waals surface area contributed by atoms with Gasteiger partial charge in [-0.3, -0.25) is 9.59 Å². The van der Waals surface area contributed by atoms with Gasteiger partial charge in [-0.05, 0) is 25.2 Å². The van der Waals surface area contributed by atoms with Crippen LogP contribution in [0.25, 0.3) is 0 Å². The van der Waals surface area contributed by atoms with Crippen molar-refractivity contribution < 1.29 is 19.4 Å². The number of rotatable bonds is 4. The van der Waals surface area contributed by atoms with Gasteiger partial charge in [0, 0.05) is 26.1 Å². The van der Waals surface area contributed by atoms with Crippen LogP contribution in [0.3, 0.4) is 0 Å². The van der Waals surface area contributed by atoms with Crippen molar-refractivity contribution in [3.63, 3.8) is 0 Å². The van der Waals surface area contributed by atoms with Gasteiger partial charge in [-0.2, -0.15) is 0 Å². The number of nitrogens with two attached hydrogens (primary N) is 1. The van der Waals surface area contributed by atoms with E-state index in [0.717, 1.165) is 19.3 Å². The van der Waals surface area contributed by atoms with E-state index in [9.17, 15) is 9.59 Å². The predicted octanol–water partition coefficient (Wildman–Crippen LogP) is -0.184. The normalized spacial score (nSPS) is 31.8. The average molecular weight is 256 g/mol. The van der Waals surface area contributed by atoms with Crippen LogP contribution in [-0.2, 0) is 14.3 Å². The molecule has 2 heterocycles. The van der Waals surface area contributed by atoms with Crippen LogP contribution >= 0.6 is 0 Å². The quantitative estimate of drug-likeness (QED) is 0.727. The highest BCUT2D eigenvalue weighted by molar-refractivity contribution is 5.81. The van der Waals surface area contributed by atoms with Gasteiger partial charge in [0.25, 0.3) is 5.91 Å². The molecule has 2 saturated heterocycles. The fourth-order valence-corrected chi connectivity index (χ4v) is 2.71. The molecule has 2 aliphatic rings. The molecule has 6 nitrogen and oxygen atoms in total. The maximum atomic E-state index is 12.2. The average Bonchev–Trinajstić information content (AvgIpc) is 2.95. The molecule has 0 aromatic rings. The number of carboxylic acids is 1. The summed E-state index contributed by atoms with van der Waals surface area (Å²) in [7, 11) is 0. The van der Waals surface area contributed by atoms with E-state index in [1.807, 2.05) is 0 Å². The van der Waals surface area contributed by atoms with Crippen molar-refractivity contribution in [2.24, 2.45) is 11.7 Å². The van der Waals surface area contributed by atoms with Crippen molar-refractivity contribution in [2.45, 2.75) is 37.9 Å². The molecule has 0 aromatic carbocycles. The minimum Gasteiger partial charge on any atom is -0.481 e. The zero-order chi connectivity index (χ0) is 13.1. The highest BCUT2D eigenvalue weighted by Gasteiger charge is 2.36. The molecule has 0 bridgehead atoms. The number of hydrogen-bond donors (Lipinski definition) is 2. The van der Waals surface area contributed by atoms with Gasteiger partial charge in [0.15, 0.2) is 0 Å². The first-order chi connectivity index (χ1) is 8.60. The number of amides is 1. The zero-order valence-corrected chi connectivity index (χ0v) is 10.4. The second-order valence-corrected chi connectivity index (χ2v) is 5.10. The van der Waals surface area contributed by atoms with Crippen LogP contribution < -0.4 is 5.73 Å². The van der Waals surface area contributed by atoms with Crippen LogP contribution in [0, 0.1) is 5.92 Å². The van der Waals surface area contributed by atoms with Gasteiger partial charge < -0.3 is 20.5 Å². The van der Waals surface area contributed by atoms with Crippen LogP contribution in [0.15, 0.2) is 0 Å². The lowest BCUT2D eigenvalue weighted by molar-refractivity contribution is -0.142. The summed E-state index contributed by atoms with van der Waals surface area (Å²) in [5, 5.41) is 8.73. The highest BCUT2D eigenvalue weighted by atomic mass is 16.5. The Morgan fingerprint density at radius 2 is 2.11 bits per heavy atom. The SMILES string of the molecule is NCC1CCC(C(=O)N2CCC(CC(=O)O)C2)O1. The number of ether oxygens (including phenoxy) is 1. The lowest BCUT2D eigenvalue weighted by atomic mass is 10.1. The van der Waals surface area contributed by atoms with Crippen LogP contribution in [0.4, 0.5) is 0 Å². The van der Waals surface area contributed by atoms with Gasteiger partial charge in [0.1, 0.15) is 6.10 Å². The third kappa shape index (κ3) is 3.00. The molecule has 1 amide bonds. The Kier molecular flexibility index (Phi) is 4.19. The molecule has 2 rings (SSSR count). The smallest absolute Gasteiger partial charge is 0.303 e. The molecule has 2 fully saturated rings. The lowest BCUT2D eigenvalue weighted by Gasteiger charge is -2.20. The Morgan fingerprint density at radius 3 is 2.72 bits per heavy atom. The first-order valence-corrected chi connectivity index (χ1v) is 6.46. The van der Waals surface area contributed by atoms with Crippen molar-refractivity contribution in [3.8, 4) is 0 Å². The van der Waals surface area contributed by atoms with Crippen LogP contribution in [-0.4, -0.2) is 53.7 Å². The van der Waals surface area contributed by atoms with Gasteiger partial charge in [-0.1, -0.05) is 0 Å². The standard InChI is InChI=1S/C12H20N2O4/c13-6-9-1-2-10(18-9)12(17)14-4-3-8(7-14)5-11(15)16/h8-10H,1-7,13H2,(H,15,16). The Morgan fingerprint density at radius 1 is 1.33 bits per heavy atom. The second kappa shape index (κ2) is 5.67. The molecule has 2 aliphatic heterocycles. The number of carbonyl (C=O) groups is 2. The lowest BCUT2D eigenvalue weighted by Crippen LogP contribution is -2.38. The Balaban J connectivity index is 1.82. The van der Waals surface area contributed by atoms with Crippen molar-refractivity contribution in [1.82, 2.24) is 4.90 Å². The van der Waals surface area contributed by atoms with E-state index in [0.29, 0.717) is 19.6 Å². The van der Waals surface area contributed by atoms with Crippen LogP contribution in [0.2, 0.25) is 0 Å². The van der Waals surface area contributed by atoms with Crippen molar-refractivity contribution in [3.05, 3.63) is 0 Å². The number of aliphatic carboxylic acids is 1. The van der Waals surface area contributed by atoms with Crippen LogP contribution in [0.5, 0.6) is 0 Å². The van der Waals surface area contributed by atoms with Crippen molar-refractivity contribution >= 4 is 11.9 Å². The summed E-state index contributed by atoms with van der Waals surface area (Å²) in [6.07, 6.45) is 2.09. The molecule has 102 valence electrons. The summed E-state index contributed by atoms with van der Waals surface area (Å²) in [6.45, 7) is 1.63. The maximum Gasteiger partial charge on any atom is 0.303 e. The molecule has 0 radical (unpaired) electrons. The molecule has 3 atom stereocenters. The van der Waals surface area contributed by atoms with Gasteiger partial charge in [-0.25, -0.2) is 0 Å². The van der Waals surface area contributed by atoms with Crippen molar-refractivity contribution in [2.75, 3.05) is 19.6 Å². The molecule has 0 aliphatic carbocycles. The summed E-state index contributed by atoms with van der Waals surface area (Å²) in [5.41, 5.74) is 5.51. The van der Waals surface area contributed by atoms with Gasteiger partial charge >= 0.3 is 5.97 Å². The number of nitrogens with zero attached hydrogens (tertiary/aromatic N) is 1. The van der Waals surface area contributed by atoms with Gasteiger partial charge in [0.05, 0.1) is 6.10 Å². The first-order valence-electron chi connectivity index (χ1n) is 6.46. The maximum absolute atomic E-state index is 12.2. The minimum atomic E-state index is -0.797. The van der Waals surface area contributed by atoms with Gasteiger partial charge in [0.2, 0.25) is 0 Å². The van der Waals surface area contributed by atoms with Crippen LogP contribution in [0.1, 0.15) is 25.7 Å². The molecule has 0 aromatic heterocycles. The predicted molar refractivity (Wildman–Crippen MR) is 63.9 cm³/mol. The van der Waals surface area contributed by atoms with E-state index in [-0.39, 0.29) is 30.5 Å². The first kappa shape index (κ1) is 13.3. The van der Waals surface area contributed by atoms with E-state index in [1.54, 1.807) is 4.90 Å². The molecule has 3 N–H and O–H groups in total. The number of hydrogen-bond acceptors (Lipinski definition) is 4. The molecule has 6 heteroatoms. The Bertz CT molecular complexity index is 334. The van der Waals surface area contributed by atoms with Crippen molar-refractivity contribution in [1.29, 1.82) is 0 Å². The molecular weight excluding hydrogens is 236 g/mol. The molecular formula is C12H20N2O4. The fraction of sp³-hybridized carbons (Fsp3) is 0.833. The summed E-state index contributed by atoms with van der Waals surface area (Å²) >= 11 is 0. The monoisotopic (exact) mass is 256 g/mol. The molecule has 18 heavy (non-hydrogen) atoms. The summed E-state index contributed by atoms with van der Waals surface area (Å²) in [4.78, 5) is 24.5. The Labute approximate surface area is 106 Å². The van der Waals surface area contributed by atoms with E-state index in [1.165, 1.54) is 0 Å². The van der Waals surface area contributed by atoms with Gasteiger partial charge in [-0.15, -0.1) is 0 Å². The summed E-state index contributed by atoms with van der Waals surface area (Å²) in [5.74, 6) is -0.716. The third-order valence-corrected chi connectivity index (χ3v) is 3.71. The summed E-state index contributed by atoms with van der Waals surface area (Å²) in [6, 6.07) is 0. The number of carboxylic acid groups (broad SMARTS) is 1. The Hall–Kier alpha value is -1.14. The molecule has 3 unspecified atom stereocenters. The highest BCUT2D eigenvalue weighted by Crippen LogP contribution is 2.25. The van der Waals surface area contributed by atoms with E-state index < -0.39 is 5.97 Å². The van der Waals surface area contributed by atoms with E-state index in [2.05, 4.69) is 0 Å².